The molecule has 0 aromatic carbocycles. The monoisotopic (exact) mass is 236 g/mol. The Bertz CT molecular complexity index is 338. The van der Waals surface area contributed by atoms with Gasteiger partial charge in [0.05, 0.1) is 11.8 Å². The van der Waals surface area contributed by atoms with Crippen molar-refractivity contribution in [3.63, 3.8) is 0 Å². The van der Waals surface area contributed by atoms with Crippen LogP contribution in [0.15, 0.2) is 18.3 Å². The van der Waals surface area contributed by atoms with E-state index in [2.05, 4.69) is 10.3 Å². The smallest absolute Gasteiger partial charge is 0.140 e. The summed E-state index contributed by atoms with van der Waals surface area (Å²) in [6.07, 6.45) is 4.54. The molecule has 1 aromatic heterocycles. The van der Waals surface area contributed by atoms with Crippen LogP contribution in [0.3, 0.4) is 0 Å². The van der Waals surface area contributed by atoms with Crippen molar-refractivity contribution in [2.75, 3.05) is 26.3 Å². The van der Waals surface area contributed by atoms with Gasteiger partial charge in [-0.15, -0.1) is 0 Å². The minimum Gasteiger partial charge on any atom is -0.490 e. The number of rotatable bonds is 6. The van der Waals surface area contributed by atoms with Crippen LogP contribution < -0.4 is 10.1 Å². The number of aromatic nitrogens is 1. The van der Waals surface area contributed by atoms with Gasteiger partial charge in [0.1, 0.15) is 12.4 Å². The van der Waals surface area contributed by atoms with Gasteiger partial charge in [0.15, 0.2) is 0 Å². The van der Waals surface area contributed by atoms with Crippen molar-refractivity contribution < 1.29 is 9.47 Å². The number of aryl methyl sites for hydroxylation is 1. The van der Waals surface area contributed by atoms with E-state index < -0.39 is 0 Å². The molecular weight excluding hydrogens is 216 g/mol. The third kappa shape index (κ3) is 3.98. The summed E-state index contributed by atoms with van der Waals surface area (Å²) < 4.78 is 11.2. The van der Waals surface area contributed by atoms with E-state index in [4.69, 9.17) is 9.47 Å². The number of hydrogen-bond acceptors (Lipinski definition) is 4. The van der Waals surface area contributed by atoms with E-state index in [1.54, 1.807) is 6.20 Å². The maximum atomic E-state index is 5.64. The van der Waals surface area contributed by atoms with Gasteiger partial charge in [-0.05, 0) is 31.9 Å². The van der Waals surface area contributed by atoms with Gasteiger partial charge in [0.25, 0.3) is 0 Å². The van der Waals surface area contributed by atoms with E-state index in [0.29, 0.717) is 12.7 Å². The van der Waals surface area contributed by atoms with Crippen molar-refractivity contribution in [2.24, 2.45) is 0 Å². The maximum Gasteiger partial charge on any atom is 0.140 e. The van der Waals surface area contributed by atoms with Gasteiger partial charge in [-0.25, -0.2) is 0 Å². The number of pyridine rings is 1. The molecule has 17 heavy (non-hydrogen) atoms. The molecule has 1 aromatic rings. The van der Waals surface area contributed by atoms with E-state index in [1.807, 2.05) is 19.1 Å². The second-order valence-corrected chi connectivity index (χ2v) is 4.27. The minimum atomic E-state index is 0.398. The van der Waals surface area contributed by atoms with Crippen LogP contribution >= 0.6 is 0 Å². The first-order valence-electron chi connectivity index (χ1n) is 6.23. The fourth-order valence-corrected chi connectivity index (χ4v) is 1.92. The molecule has 1 aliphatic heterocycles. The summed E-state index contributed by atoms with van der Waals surface area (Å²) in [6, 6.07) is 3.84. The molecule has 1 N–H and O–H groups in total. The van der Waals surface area contributed by atoms with Gasteiger partial charge in [-0.1, -0.05) is 0 Å². The third-order valence-electron chi connectivity index (χ3n) is 2.89. The van der Waals surface area contributed by atoms with Crippen LogP contribution in [0.2, 0.25) is 0 Å². The zero-order chi connectivity index (χ0) is 11.9. The molecule has 1 aliphatic rings. The summed E-state index contributed by atoms with van der Waals surface area (Å²) in [4.78, 5) is 4.18. The highest BCUT2D eigenvalue weighted by Gasteiger charge is 2.14. The van der Waals surface area contributed by atoms with Crippen molar-refractivity contribution in [3.8, 4) is 5.75 Å². The summed E-state index contributed by atoms with van der Waals surface area (Å²) in [5, 5.41) is 3.35. The molecule has 0 aliphatic carbocycles. The van der Waals surface area contributed by atoms with Gasteiger partial charge in [0.2, 0.25) is 0 Å². The normalized spacial score (nSPS) is 19.5. The molecule has 1 saturated heterocycles. The topological polar surface area (TPSA) is 43.4 Å². The summed E-state index contributed by atoms with van der Waals surface area (Å²) in [5.41, 5.74) is 0.937. The highest BCUT2D eigenvalue weighted by Crippen LogP contribution is 2.13. The van der Waals surface area contributed by atoms with Crippen molar-refractivity contribution in [3.05, 3.63) is 24.0 Å². The minimum absolute atomic E-state index is 0.398. The summed E-state index contributed by atoms with van der Waals surface area (Å²) in [7, 11) is 0. The van der Waals surface area contributed by atoms with Crippen molar-refractivity contribution in [1.29, 1.82) is 0 Å². The predicted molar refractivity (Wildman–Crippen MR) is 66.3 cm³/mol. The Labute approximate surface area is 102 Å². The first-order chi connectivity index (χ1) is 8.36. The quantitative estimate of drug-likeness (QED) is 0.761. The largest absolute Gasteiger partial charge is 0.490 e. The predicted octanol–water partition coefficient (Wildman–Crippen LogP) is 1.54. The number of nitrogens with one attached hydrogen (secondary N) is 1. The molecular formula is C13H20N2O2. The summed E-state index contributed by atoms with van der Waals surface area (Å²) in [5.74, 6) is 0.867. The molecule has 0 saturated carbocycles. The number of ether oxygens (including phenoxy) is 2. The molecule has 2 heterocycles. The van der Waals surface area contributed by atoms with Crippen LogP contribution in [0, 0.1) is 6.92 Å². The summed E-state index contributed by atoms with van der Waals surface area (Å²) >= 11 is 0. The molecule has 1 fully saturated rings. The Balaban J connectivity index is 1.58. The highest BCUT2D eigenvalue weighted by molar-refractivity contribution is 5.25. The Hall–Kier alpha value is -1.13. The molecule has 94 valence electrons. The third-order valence-corrected chi connectivity index (χ3v) is 2.89. The lowest BCUT2D eigenvalue weighted by Gasteiger charge is -2.11. The van der Waals surface area contributed by atoms with Crippen LogP contribution in [0.1, 0.15) is 18.5 Å². The van der Waals surface area contributed by atoms with Gasteiger partial charge >= 0.3 is 0 Å². The average Bonchev–Trinajstić information content (AvgIpc) is 2.84. The van der Waals surface area contributed by atoms with Gasteiger partial charge in [0, 0.05) is 25.9 Å². The maximum absolute atomic E-state index is 5.64. The second-order valence-electron chi connectivity index (χ2n) is 4.27. The van der Waals surface area contributed by atoms with Crippen LogP contribution in [-0.4, -0.2) is 37.4 Å². The molecule has 0 amide bonds. The Morgan fingerprint density at radius 2 is 2.53 bits per heavy atom. The fourth-order valence-electron chi connectivity index (χ4n) is 1.92. The van der Waals surface area contributed by atoms with Crippen molar-refractivity contribution in [1.82, 2.24) is 10.3 Å². The zero-order valence-corrected chi connectivity index (χ0v) is 10.3. The lowest BCUT2D eigenvalue weighted by molar-refractivity contribution is 0.109. The zero-order valence-electron chi connectivity index (χ0n) is 10.3. The average molecular weight is 236 g/mol. The van der Waals surface area contributed by atoms with Gasteiger partial charge < -0.3 is 14.8 Å². The van der Waals surface area contributed by atoms with Crippen LogP contribution in [0.4, 0.5) is 0 Å². The first-order valence-corrected chi connectivity index (χ1v) is 6.23. The number of nitrogens with zero attached hydrogens (tertiary/aromatic N) is 1. The molecule has 1 atom stereocenters. The second kappa shape index (κ2) is 6.57. The van der Waals surface area contributed by atoms with E-state index in [0.717, 1.165) is 31.1 Å². The molecule has 4 heteroatoms. The van der Waals surface area contributed by atoms with Crippen LogP contribution in [-0.2, 0) is 4.74 Å². The standard InChI is InChI=1S/C13H20N2O2/c1-11-13(5-2-6-15-11)17-9-7-14-10-12-4-3-8-16-12/h2,5-6,12,14H,3-4,7-10H2,1H3. The SMILES string of the molecule is Cc1ncccc1OCCNCC1CCCO1. The molecule has 4 nitrogen and oxygen atoms in total. The molecule has 0 radical (unpaired) electrons. The van der Waals surface area contributed by atoms with Gasteiger partial charge in [-0.2, -0.15) is 0 Å². The van der Waals surface area contributed by atoms with Crippen molar-refractivity contribution in [2.45, 2.75) is 25.9 Å². The molecule has 0 bridgehead atoms. The highest BCUT2D eigenvalue weighted by atomic mass is 16.5. The molecule has 0 spiro atoms. The summed E-state index contributed by atoms with van der Waals surface area (Å²) in [6.45, 7) is 5.30. The first kappa shape index (κ1) is 12.3. The number of hydrogen-bond donors (Lipinski definition) is 1. The van der Waals surface area contributed by atoms with E-state index >= 15 is 0 Å². The van der Waals surface area contributed by atoms with E-state index in [-0.39, 0.29) is 0 Å². The lowest BCUT2D eigenvalue weighted by Crippen LogP contribution is -2.29. The van der Waals surface area contributed by atoms with Crippen LogP contribution in [0.5, 0.6) is 5.75 Å². The van der Waals surface area contributed by atoms with Gasteiger partial charge in [-0.3, -0.25) is 4.98 Å². The Kier molecular flexibility index (Phi) is 4.76. The fraction of sp³-hybridized carbons (Fsp3) is 0.615. The molecule has 1 unspecified atom stereocenters. The Morgan fingerprint density at radius 1 is 1.59 bits per heavy atom. The van der Waals surface area contributed by atoms with E-state index in [9.17, 15) is 0 Å². The Morgan fingerprint density at radius 3 is 3.29 bits per heavy atom. The van der Waals surface area contributed by atoms with Crippen molar-refractivity contribution >= 4 is 0 Å². The van der Waals surface area contributed by atoms with Crippen LogP contribution in [0.25, 0.3) is 0 Å². The van der Waals surface area contributed by atoms with E-state index in [1.165, 1.54) is 12.8 Å². The molecule has 2 rings (SSSR count). The lowest BCUT2D eigenvalue weighted by atomic mass is 10.2.